The molecule has 1 aromatic heterocycles. The van der Waals surface area contributed by atoms with E-state index < -0.39 is 10.0 Å². The van der Waals surface area contributed by atoms with Crippen LogP contribution in [0.3, 0.4) is 0 Å². The summed E-state index contributed by atoms with van der Waals surface area (Å²) in [5.74, 6) is 0.464. The Balaban J connectivity index is 1.58. The lowest BCUT2D eigenvalue weighted by atomic mass is 10.1. The van der Waals surface area contributed by atoms with Crippen LogP contribution in [0.25, 0.3) is 0 Å². The average Bonchev–Trinajstić information content (AvgIpc) is 2.69. The van der Waals surface area contributed by atoms with Gasteiger partial charge in [-0.25, -0.2) is 13.4 Å². The Bertz CT molecular complexity index is 814. The minimum Gasteiger partial charge on any atom is -0.372 e. The summed E-state index contributed by atoms with van der Waals surface area (Å²) in [4.78, 5) is 6.62. The lowest BCUT2D eigenvalue weighted by Crippen LogP contribution is -2.29. The summed E-state index contributed by atoms with van der Waals surface area (Å²) in [7, 11) is -3.32. The van der Waals surface area contributed by atoms with E-state index in [0.29, 0.717) is 12.2 Å². The summed E-state index contributed by atoms with van der Waals surface area (Å²) >= 11 is 0. The van der Waals surface area contributed by atoms with E-state index in [1.165, 1.54) is 24.9 Å². The highest BCUT2D eigenvalue weighted by Crippen LogP contribution is 2.24. The molecule has 1 aliphatic rings. The third-order valence-electron chi connectivity index (χ3n) is 4.67. The highest BCUT2D eigenvalue weighted by Gasteiger charge is 2.11. The first-order valence-electron chi connectivity index (χ1n) is 9.64. The number of aromatic nitrogens is 1. The van der Waals surface area contributed by atoms with E-state index >= 15 is 0 Å². The fourth-order valence-corrected chi connectivity index (χ4v) is 4.36. The first-order chi connectivity index (χ1) is 13.1. The first-order valence-corrected chi connectivity index (χ1v) is 11.3. The number of benzene rings is 1. The zero-order chi connectivity index (χ0) is 19.1. The van der Waals surface area contributed by atoms with Gasteiger partial charge in [0.2, 0.25) is 10.0 Å². The standard InChI is InChI=1S/C20H28N4O2S/c1-2-3-15-27(25,26)23-20-12-9-18(16-21-20)22-17-7-10-19(11-8-17)24-13-5-4-6-14-24/h7-12,16,22H,2-6,13-15H2,1H3,(H,21,23). The van der Waals surface area contributed by atoms with Crippen LogP contribution in [0.2, 0.25) is 0 Å². The molecule has 0 amide bonds. The molecule has 1 aliphatic heterocycles. The Labute approximate surface area is 162 Å². The van der Waals surface area contributed by atoms with Gasteiger partial charge in [0.15, 0.2) is 0 Å². The van der Waals surface area contributed by atoms with Gasteiger partial charge in [-0.3, -0.25) is 4.72 Å². The van der Waals surface area contributed by atoms with Gasteiger partial charge >= 0.3 is 0 Å². The van der Waals surface area contributed by atoms with Crippen LogP contribution in [0.15, 0.2) is 42.6 Å². The summed E-state index contributed by atoms with van der Waals surface area (Å²) in [6.07, 6.45) is 6.97. The SMILES string of the molecule is CCCCS(=O)(=O)Nc1ccc(Nc2ccc(N3CCCCC3)cc2)cn1. The number of pyridine rings is 1. The van der Waals surface area contributed by atoms with Crippen LogP contribution in [0, 0.1) is 0 Å². The normalized spacial score (nSPS) is 14.8. The van der Waals surface area contributed by atoms with Gasteiger partial charge < -0.3 is 10.2 Å². The van der Waals surface area contributed by atoms with Gasteiger partial charge in [-0.15, -0.1) is 0 Å². The Morgan fingerprint density at radius 3 is 2.33 bits per heavy atom. The zero-order valence-corrected chi connectivity index (χ0v) is 16.6. The van der Waals surface area contributed by atoms with Crippen molar-refractivity contribution in [2.75, 3.05) is 33.8 Å². The fourth-order valence-electron chi connectivity index (χ4n) is 3.15. The Morgan fingerprint density at radius 2 is 1.70 bits per heavy atom. The third kappa shape index (κ3) is 5.85. The van der Waals surface area contributed by atoms with Crippen molar-refractivity contribution < 1.29 is 8.42 Å². The average molecular weight is 389 g/mol. The molecule has 27 heavy (non-hydrogen) atoms. The maximum Gasteiger partial charge on any atom is 0.233 e. The third-order valence-corrected chi connectivity index (χ3v) is 6.01. The smallest absolute Gasteiger partial charge is 0.233 e. The Hall–Kier alpha value is -2.28. The molecule has 6 nitrogen and oxygen atoms in total. The molecule has 1 saturated heterocycles. The van der Waals surface area contributed by atoms with Crippen molar-refractivity contribution in [3.63, 3.8) is 0 Å². The topological polar surface area (TPSA) is 74.3 Å². The summed E-state index contributed by atoms with van der Waals surface area (Å²) in [5.41, 5.74) is 3.06. The number of nitrogens with one attached hydrogen (secondary N) is 2. The Kier molecular flexibility index (Phi) is 6.55. The quantitative estimate of drug-likeness (QED) is 0.703. The second kappa shape index (κ2) is 9.08. The number of hydrogen-bond donors (Lipinski definition) is 2. The molecule has 0 atom stereocenters. The van der Waals surface area contributed by atoms with E-state index in [1.807, 2.05) is 13.0 Å². The van der Waals surface area contributed by atoms with Crippen LogP contribution >= 0.6 is 0 Å². The van der Waals surface area contributed by atoms with Gasteiger partial charge in [-0.2, -0.15) is 0 Å². The number of nitrogens with zero attached hydrogens (tertiary/aromatic N) is 2. The molecule has 3 rings (SSSR count). The number of anilines is 4. The summed E-state index contributed by atoms with van der Waals surface area (Å²) in [6, 6.07) is 11.9. The molecular formula is C20H28N4O2S. The van der Waals surface area contributed by atoms with Gasteiger partial charge in [-0.05, 0) is 62.1 Å². The molecule has 0 spiro atoms. The van der Waals surface area contributed by atoms with Crippen molar-refractivity contribution in [1.29, 1.82) is 0 Å². The van der Waals surface area contributed by atoms with E-state index in [2.05, 4.69) is 44.2 Å². The van der Waals surface area contributed by atoms with E-state index in [-0.39, 0.29) is 5.75 Å². The van der Waals surface area contributed by atoms with Gasteiger partial charge in [0, 0.05) is 24.5 Å². The second-order valence-corrected chi connectivity index (χ2v) is 8.77. The number of hydrogen-bond acceptors (Lipinski definition) is 5. The molecule has 2 heterocycles. The van der Waals surface area contributed by atoms with E-state index in [9.17, 15) is 8.42 Å². The monoisotopic (exact) mass is 388 g/mol. The summed E-state index contributed by atoms with van der Waals surface area (Å²) < 4.78 is 26.4. The molecule has 7 heteroatoms. The molecule has 0 saturated carbocycles. The summed E-state index contributed by atoms with van der Waals surface area (Å²) in [5, 5.41) is 3.30. The lowest BCUT2D eigenvalue weighted by Gasteiger charge is -2.28. The van der Waals surface area contributed by atoms with Crippen LogP contribution in [-0.4, -0.2) is 32.2 Å². The minimum absolute atomic E-state index is 0.120. The number of sulfonamides is 1. The highest BCUT2D eigenvalue weighted by atomic mass is 32.2. The molecule has 0 bridgehead atoms. The van der Waals surface area contributed by atoms with Crippen LogP contribution in [0.1, 0.15) is 39.0 Å². The molecule has 2 N–H and O–H groups in total. The van der Waals surface area contributed by atoms with Crippen molar-refractivity contribution >= 4 is 32.9 Å². The molecule has 0 aliphatic carbocycles. The van der Waals surface area contributed by atoms with Crippen molar-refractivity contribution in [3.8, 4) is 0 Å². The molecule has 1 aromatic carbocycles. The van der Waals surface area contributed by atoms with Gasteiger partial charge in [0.1, 0.15) is 5.82 Å². The van der Waals surface area contributed by atoms with Crippen LogP contribution in [0.5, 0.6) is 0 Å². The van der Waals surface area contributed by atoms with Crippen molar-refractivity contribution in [2.24, 2.45) is 0 Å². The fraction of sp³-hybridized carbons (Fsp3) is 0.450. The summed E-state index contributed by atoms with van der Waals surface area (Å²) in [6.45, 7) is 4.23. The molecular weight excluding hydrogens is 360 g/mol. The van der Waals surface area contributed by atoms with Crippen molar-refractivity contribution in [3.05, 3.63) is 42.6 Å². The van der Waals surface area contributed by atoms with Gasteiger partial charge in [0.25, 0.3) is 0 Å². The number of unbranched alkanes of at least 4 members (excludes halogenated alkanes) is 1. The molecule has 0 radical (unpaired) electrons. The lowest BCUT2D eigenvalue weighted by molar-refractivity contribution is 0.578. The molecule has 2 aromatic rings. The van der Waals surface area contributed by atoms with Crippen LogP contribution in [0.4, 0.5) is 22.9 Å². The maximum absolute atomic E-state index is 11.9. The van der Waals surface area contributed by atoms with Crippen LogP contribution < -0.4 is 14.9 Å². The molecule has 0 unspecified atom stereocenters. The predicted molar refractivity (Wildman–Crippen MR) is 112 cm³/mol. The first kappa shape index (κ1) is 19.5. The van der Waals surface area contributed by atoms with E-state index in [1.54, 1.807) is 12.3 Å². The van der Waals surface area contributed by atoms with Crippen LogP contribution in [-0.2, 0) is 10.0 Å². The highest BCUT2D eigenvalue weighted by molar-refractivity contribution is 7.92. The maximum atomic E-state index is 11.9. The van der Waals surface area contributed by atoms with Crippen molar-refractivity contribution in [1.82, 2.24) is 4.98 Å². The van der Waals surface area contributed by atoms with Crippen molar-refractivity contribution in [2.45, 2.75) is 39.0 Å². The molecule has 146 valence electrons. The zero-order valence-electron chi connectivity index (χ0n) is 15.8. The van der Waals surface area contributed by atoms with Gasteiger partial charge in [-0.1, -0.05) is 13.3 Å². The number of piperidine rings is 1. The second-order valence-electron chi connectivity index (χ2n) is 6.93. The largest absolute Gasteiger partial charge is 0.372 e. The molecule has 1 fully saturated rings. The minimum atomic E-state index is -3.32. The van der Waals surface area contributed by atoms with E-state index in [0.717, 1.165) is 30.9 Å². The van der Waals surface area contributed by atoms with E-state index in [4.69, 9.17) is 0 Å². The predicted octanol–water partition coefficient (Wildman–Crippen LogP) is 4.36. The van der Waals surface area contributed by atoms with Gasteiger partial charge in [0.05, 0.1) is 17.6 Å². The number of rotatable bonds is 8. The Morgan fingerprint density at radius 1 is 1.00 bits per heavy atom.